The van der Waals surface area contributed by atoms with E-state index in [1.807, 2.05) is 0 Å². The van der Waals surface area contributed by atoms with E-state index in [9.17, 15) is 30.0 Å². The standard InChI is InChI=1S/C18H24N6O9/c19-9-1-3-23(17(29)21-9)15-12(27)11(26)8(33-15)6-31-14-7(5-25)32-16(13(14)28)24-4-2-10(20)22-18(24)30/h1-4,7-8,11-16,25-28H,5-6H2,(H2,19,21,29)(H2,20,22,30)/t7-,8-,11-,12-,13-,14-,15-,16-/m1/s1. The molecule has 0 saturated carbocycles. The third-order valence-corrected chi connectivity index (χ3v) is 5.53. The molecule has 2 fully saturated rings. The van der Waals surface area contributed by atoms with Crippen LogP contribution in [0.4, 0.5) is 11.6 Å². The van der Waals surface area contributed by atoms with Crippen LogP contribution < -0.4 is 22.8 Å². The number of aromatic nitrogens is 4. The van der Waals surface area contributed by atoms with E-state index in [1.165, 1.54) is 24.5 Å². The van der Waals surface area contributed by atoms with E-state index in [4.69, 9.17) is 25.7 Å². The fourth-order valence-electron chi connectivity index (χ4n) is 3.84. The molecule has 2 aliphatic rings. The fourth-order valence-corrected chi connectivity index (χ4v) is 3.84. The molecule has 33 heavy (non-hydrogen) atoms. The molecular weight excluding hydrogens is 444 g/mol. The summed E-state index contributed by atoms with van der Waals surface area (Å²) in [6.07, 6.45) is -7.44. The molecular formula is C18H24N6O9. The van der Waals surface area contributed by atoms with Crippen molar-refractivity contribution in [3.05, 3.63) is 45.5 Å². The summed E-state index contributed by atoms with van der Waals surface area (Å²) < 4.78 is 18.8. The van der Waals surface area contributed by atoms with Crippen molar-refractivity contribution in [2.75, 3.05) is 24.7 Å². The van der Waals surface area contributed by atoms with Crippen molar-refractivity contribution < 1.29 is 34.6 Å². The Bertz CT molecular complexity index is 1110. The fraction of sp³-hybridized carbons (Fsp3) is 0.556. The van der Waals surface area contributed by atoms with E-state index < -0.39 is 67.1 Å². The van der Waals surface area contributed by atoms with Crippen molar-refractivity contribution in [3.8, 4) is 0 Å². The van der Waals surface area contributed by atoms with Crippen molar-refractivity contribution >= 4 is 11.6 Å². The molecule has 8 atom stereocenters. The number of aliphatic hydroxyl groups excluding tert-OH is 4. The van der Waals surface area contributed by atoms with Gasteiger partial charge < -0.3 is 46.1 Å². The van der Waals surface area contributed by atoms with E-state index in [-0.39, 0.29) is 18.2 Å². The maximum atomic E-state index is 12.1. The molecule has 15 nitrogen and oxygen atoms in total. The molecule has 0 bridgehead atoms. The minimum Gasteiger partial charge on any atom is -0.394 e. The number of hydrogen-bond donors (Lipinski definition) is 6. The van der Waals surface area contributed by atoms with Crippen molar-refractivity contribution in [2.45, 2.75) is 49.1 Å². The Morgan fingerprint density at radius 3 is 1.91 bits per heavy atom. The maximum absolute atomic E-state index is 12.1. The molecule has 0 amide bonds. The van der Waals surface area contributed by atoms with Crippen LogP contribution in [0.25, 0.3) is 0 Å². The quantitative estimate of drug-likeness (QED) is 0.237. The zero-order valence-corrected chi connectivity index (χ0v) is 17.1. The average molecular weight is 468 g/mol. The van der Waals surface area contributed by atoms with Crippen LogP contribution in [-0.2, 0) is 14.2 Å². The number of anilines is 2. The molecule has 2 saturated heterocycles. The summed E-state index contributed by atoms with van der Waals surface area (Å²) in [5.41, 5.74) is 9.39. The number of rotatable bonds is 6. The number of hydrogen-bond acceptors (Lipinski definition) is 13. The topological polar surface area (TPSA) is 230 Å². The highest BCUT2D eigenvalue weighted by atomic mass is 16.6. The summed E-state index contributed by atoms with van der Waals surface area (Å²) in [4.78, 5) is 31.3. The molecule has 0 spiro atoms. The zero-order valence-electron chi connectivity index (χ0n) is 17.1. The Labute approximate surface area is 185 Å². The minimum absolute atomic E-state index is 0.00821. The van der Waals surface area contributed by atoms with Crippen molar-refractivity contribution in [2.24, 2.45) is 0 Å². The SMILES string of the molecule is Nc1ccn([C@@H]2O[C@H](CO[C@H]3[C@@H](O)[C@H](n4ccc(N)nc4=O)O[C@@H]3CO)[C@@H](O)[C@H]2O)c(=O)n1. The lowest BCUT2D eigenvalue weighted by Gasteiger charge is -2.23. The van der Waals surface area contributed by atoms with Gasteiger partial charge in [-0.05, 0) is 12.1 Å². The lowest BCUT2D eigenvalue weighted by molar-refractivity contribution is -0.111. The summed E-state index contributed by atoms with van der Waals surface area (Å²) in [5.74, 6) is -0.0227. The Kier molecular flexibility index (Phi) is 6.44. The van der Waals surface area contributed by atoms with Crippen LogP contribution in [0.1, 0.15) is 12.5 Å². The van der Waals surface area contributed by atoms with Gasteiger partial charge in [-0.25, -0.2) is 9.59 Å². The van der Waals surface area contributed by atoms with E-state index in [1.54, 1.807) is 0 Å². The van der Waals surface area contributed by atoms with Gasteiger partial charge in [0.1, 0.15) is 48.3 Å². The Morgan fingerprint density at radius 2 is 1.39 bits per heavy atom. The van der Waals surface area contributed by atoms with Crippen LogP contribution in [0, 0.1) is 0 Å². The third kappa shape index (κ3) is 4.34. The molecule has 180 valence electrons. The number of nitrogens with two attached hydrogens (primary N) is 2. The molecule has 2 aromatic heterocycles. The minimum atomic E-state index is -1.48. The Morgan fingerprint density at radius 1 is 0.879 bits per heavy atom. The van der Waals surface area contributed by atoms with E-state index in [0.29, 0.717) is 0 Å². The van der Waals surface area contributed by atoms with E-state index in [2.05, 4.69) is 9.97 Å². The zero-order chi connectivity index (χ0) is 23.9. The molecule has 15 heteroatoms. The van der Waals surface area contributed by atoms with E-state index >= 15 is 0 Å². The van der Waals surface area contributed by atoms with E-state index in [0.717, 1.165) is 9.13 Å². The van der Waals surface area contributed by atoms with Gasteiger partial charge in [0, 0.05) is 12.4 Å². The number of ether oxygens (including phenoxy) is 3. The smallest absolute Gasteiger partial charge is 0.351 e. The highest BCUT2D eigenvalue weighted by Crippen LogP contribution is 2.33. The predicted octanol–water partition coefficient (Wildman–Crippen LogP) is -4.08. The van der Waals surface area contributed by atoms with Gasteiger partial charge in [0.05, 0.1) is 13.2 Å². The molecule has 4 rings (SSSR count). The lowest BCUT2D eigenvalue weighted by atomic mass is 10.1. The number of nitrogen functional groups attached to an aromatic ring is 2. The second-order valence-electron chi connectivity index (χ2n) is 7.67. The molecule has 2 aromatic rings. The Balaban J connectivity index is 1.46. The highest BCUT2D eigenvalue weighted by Gasteiger charge is 2.48. The molecule has 0 radical (unpaired) electrons. The molecule has 0 aromatic carbocycles. The number of nitrogens with zero attached hydrogens (tertiary/aromatic N) is 4. The van der Waals surface area contributed by atoms with Gasteiger partial charge in [-0.15, -0.1) is 0 Å². The van der Waals surface area contributed by atoms with Crippen LogP contribution in [-0.4, -0.2) is 89.4 Å². The summed E-state index contributed by atoms with van der Waals surface area (Å²) >= 11 is 0. The van der Waals surface area contributed by atoms with Gasteiger partial charge in [0.15, 0.2) is 12.5 Å². The van der Waals surface area contributed by atoms with Gasteiger partial charge in [0.25, 0.3) is 0 Å². The predicted molar refractivity (Wildman–Crippen MR) is 108 cm³/mol. The summed E-state index contributed by atoms with van der Waals surface area (Å²) in [5, 5.41) is 41.0. The first kappa shape index (κ1) is 23.2. The molecule has 2 aliphatic heterocycles. The average Bonchev–Trinajstić information content (AvgIpc) is 3.23. The molecule has 8 N–H and O–H groups in total. The van der Waals surface area contributed by atoms with Crippen LogP contribution in [0.2, 0.25) is 0 Å². The summed E-state index contributed by atoms with van der Waals surface area (Å²) in [6, 6.07) is 2.68. The van der Waals surface area contributed by atoms with Gasteiger partial charge in [-0.3, -0.25) is 9.13 Å². The van der Waals surface area contributed by atoms with Crippen LogP contribution in [0.3, 0.4) is 0 Å². The molecule has 0 unspecified atom stereocenters. The first-order valence-electron chi connectivity index (χ1n) is 9.98. The van der Waals surface area contributed by atoms with Crippen LogP contribution in [0.5, 0.6) is 0 Å². The van der Waals surface area contributed by atoms with Gasteiger partial charge in [-0.1, -0.05) is 0 Å². The summed E-state index contributed by atoms with van der Waals surface area (Å²) in [6.45, 7) is -0.879. The lowest BCUT2D eigenvalue weighted by Crippen LogP contribution is -2.41. The largest absolute Gasteiger partial charge is 0.394 e. The van der Waals surface area contributed by atoms with Gasteiger partial charge in [0.2, 0.25) is 0 Å². The highest BCUT2D eigenvalue weighted by molar-refractivity contribution is 5.24. The first-order chi connectivity index (χ1) is 15.7. The second-order valence-corrected chi connectivity index (χ2v) is 7.67. The van der Waals surface area contributed by atoms with Gasteiger partial charge in [-0.2, -0.15) is 9.97 Å². The summed E-state index contributed by atoms with van der Waals surface area (Å²) in [7, 11) is 0. The van der Waals surface area contributed by atoms with Crippen molar-refractivity contribution in [3.63, 3.8) is 0 Å². The third-order valence-electron chi connectivity index (χ3n) is 5.53. The van der Waals surface area contributed by atoms with Crippen molar-refractivity contribution in [1.82, 2.24) is 19.1 Å². The van der Waals surface area contributed by atoms with Crippen LogP contribution >= 0.6 is 0 Å². The Hall–Kier alpha value is -2.92. The second kappa shape index (κ2) is 9.14. The normalized spacial score (nSPS) is 34.1. The monoisotopic (exact) mass is 468 g/mol. The van der Waals surface area contributed by atoms with Crippen LogP contribution in [0.15, 0.2) is 34.1 Å². The first-order valence-corrected chi connectivity index (χ1v) is 9.98. The molecule has 4 heterocycles. The molecule has 0 aliphatic carbocycles. The van der Waals surface area contributed by atoms with Gasteiger partial charge >= 0.3 is 11.4 Å². The maximum Gasteiger partial charge on any atom is 0.351 e. The van der Waals surface area contributed by atoms with Crippen molar-refractivity contribution in [1.29, 1.82) is 0 Å². The number of aliphatic hydroxyl groups is 4.